The number of hydrogen-bond donors (Lipinski definition) is 0. The molecule has 1 atom stereocenters. The molecule has 0 aromatic heterocycles. The number of ether oxygens (including phenoxy) is 2. The van der Waals surface area contributed by atoms with Gasteiger partial charge in [-0.25, -0.2) is 4.79 Å². The average molecular weight is 411 g/mol. The Morgan fingerprint density at radius 3 is 2.03 bits per heavy atom. The van der Waals surface area contributed by atoms with Crippen LogP contribution in [0.2, 0.25) is 0 Å². The van der Waals surface area contributed by atoms with E-state index < -0.39 is 0 Å². The van der Waals surface area contributed by atoms with E-state index in [4.69, 9.17) is 9.47 Å². The van der Waals surface area contributed by atoms with E-state index in [2.05, 4.69) is 20.8 Å². The number of hydrogen-bond acceptors (Lipinski definition) is 3. The standard InChI is InChI=1S/C27H38O3/c1-4-6-7-8-9-10-11-12-23-13-15-24(16-14-23)27(28)30-26-19-17-25(18-20-26)29-21-22(3)5-2/h13-20,22H,4-12,21H2,1-3H3/t22-/m0/s1. The van der Waals surface area contributed by atoms with Crippen molar-refractivity contribution in [1.82, 2.24) is 0 Å². The molecule has 0 aliphatic heterocycles. The number of esters is 1. The molecule has 0 saturated heterocycles. The predicted molar refractivity (Wildman–Crippen MR) is 124 cm³/mol. The first-order valence-corrected chi connectivity index (χ1v) is 11.7. The van der Waals surface area contributed by atoms with E-state index in [1.54, 1.807) is 12.1 Å². The molecule has 30 heavy (non-hydrogen) atoms. The van der Waals surface area contributed by atoms with Crippen molar-refractivity contribution in [2.45, 2.75) is 78.6 Å². The van der Waals surface area contributed by atoms with Gasteiger partial charge in [-0.3, -0.25) is 0 Å². The molecule has 0 aliphatic carbocycles. The highest BCUT2D eigenvalue weighted by atomic mass is 16.5. The summed E-state index contributed by atoms with van der Waals surface area (Å²) in [4.78, 5) is 12.4. The van der Waals surface area contributed by atoms with Crippen molar-refractivity contribution < 1.29 is 14.3 Å². The summed E-state index contributed by atoms with van der Waals surface area (Å²) in [7, 11) is 0. The Morgan fingerprint density at radius 1 is 0.800 bits per heavy atom. The van der Waals surface area contributed by atoms with Gasteiger partial charge in [-0.1, -0.05) is 77.8 Å². The van der Waals surface area contributed by atoms with Gasteiger partial charge in [-0.2, -0.15) is 0 Å². The molecule has 0 radical (unpaired) electrons. The van der Waals surface area contributed by atoms with Crippen molar-refractivity contribution >= 4 is 5.97 Å². The minimum Gasteiger partial charge on any atom is -0.493 e. The highest BCUT2D eigenvalue weighted by Gasteiger charge is 2.09. The summed E-state index contributed by atoms with van der Waals surface area (Å²) in [6.07, 6.45) is 11.3. The van der Waals surface area contributed by atoms with Gasteiger partial charge in [0.1, 0.15) is 11.5 Å². The first-order valence-electron chi connectivity index (χ1n) is 11.7. The Hall–Kier alpha value is -2.29. The molecule has 0 N–H and O–H groups in total. The van der Waals surface area contributed by atoms with Crippen molar-refractivity contribution in [3.05, 3.63) is 59.7 Å². The van der Waals surface area contributed by atoms with Crippen molar-refractivity contribution in [1.29, 1.82) is 0 Å². The second-order valence-corrected chi connectivity index (χ2v) is 8.25. The maximum Gasteiger partial charge on any atom is 0.343 e. The minimum atomic E-state index is -0.328. The van der Waals surface area contributed by atoms with Crippen molar-refractivity contribution in [3.63, 3.8) is 0 Å². The lowest BCUT2D eigenvalue weighted by atomic mass is 10.0. The highest BCUT2D eigenvalue weighted by Crippen LogP contribution is 2.20. The van der Waals surface area contributed by atoms with E-state index in [0.29, 0.717) is 23.8 Å². The fourth-order valence-corrected chi connectivity index (χ4v) is 3.22. The van der Waals surface area contributed by atoms with Crippen LogP contribution in [0.1, 0.15) is 88.1 Å². The second-order valence-electron chi connectivity index (χ2n) is 8.25. The molecular weight excluding hydrogens is 372 g/mol. The average Bonchev–Trinajstić information content (AvgIpc) is 2.78. The van der Waals surface area contributed by atoms with E-state index in [1.807, 2.05) is 36.4 Å². The zero-order valence-corrected chi connectivity index (χ0v) is 19.0. The van der Waals surface area contributed by atoms with Gasteiger partial charge >= 0.3 is 5.97 Å². The van der Waals surface area contributed by atoms with Crippen LogP contribution in [0, 0.1) is 5.92 Å². The Morgan fingerprint density at radius 2 is 1.40 bits per heavy atom. The topological polar surface area (TPSA) is 35.5 Å². The van der Waals surface area contributed by atoms with Gasteiger partial charge in [0.05, 0.1) is 12.2 Å². The van der Waals surface area contributed by atoms with E-state index in [1.165, 1.54) is 50.5 Å². The number of carbonyl (C=O) groups is 1. The molecule has 3 heteroatoms. The van der Waals surface area contributed by atoms with E-state index in [0.717, 1.165) is 18.6 Å². The van der Waals surface area contributed by atoms with Gasteiger partial charge in [-0.15, -0.1) is 0 Å². The molecule has 0 spiro atoms. The Labute approximate surface area is 182 Å². The van der Waals surface area contributed by atoms with Crippen LogP contribution >= 0.6 is 0 Å². The number of carbonyl (C=O) groups excluding carboxylic acids is 1. The summed E-state index contributed by atoms with van der Waals surface area (Å²) in [5, 5.41) is 0. The quantitative estimate of drug-likeness (QED) is 0.182. The number of unbranched alkanes of at least 4 members (excludes halogenated alkanes) is 6. The van der Waals surface area contributed by atoms with Crippen LogP contribution in [0.15, 0.2) is 48.5 Å². The van der Waals surface area contributed by atoms with Crippen molar-refractivity contribution in [2.24, 2.45) is 5.92 Å². The lowest BCUT2D eigenvalue weighted by Crippen LogP contribution is -2.09. The summed E-state index contributed by atoms with van der Waals surface area (Å²) < 4.78 is 11.2. The first kappa shape index (κ1) is 24.0. The van der Waals surface area contributed by atoms with Crippen LogP contribution in [0.3, 0.4) is 0 Å². The van der Waals surface area contributed by atoms with Crippen LogP contribution in [-0.2, 0) is 6.42 Å². The van der Waals surface area contributed by atoms with Gasteiger partial charge in [-0.05, 0) is 60.7 Å². The molecule has 2 aromatic rings. The monoisotopic (exact) mass is 410 g/mol. The normalized spacial score (nSPS) is 11.8. The molecule has 0 fully saturated rings. The minimum absolute atomic E-state index is 0.328. The molecule has 2 aromatic carbocycles. The third kappa shape index (κ3) is 9.02. The molecule has 0 saturated carbocycles. The van der Waals surface area contributed by atoms with Crippen molar-refractivity contribution in [3.8, 4) is 11.5 Å². The number of aryl methyl sites for hydroxylation is 1. The number of rotatable bonds is 14. The van der Waals surface area contributed by atoms with Gasteiger partial charge < -0.3 is 9.47 Å². The molecular formula is C27H38O3. The van der Waals surface area contributed by atoms with Gasteiger partial charge in [0, 0.05) is 0 Å². The zero-order valence-electron chi connectivity index (χ0n) is 19.0. The third-order valence-electron chi connectivity index (χ3n) is 5.52. The SMILES string of the molecule is CCCCCCCCCc1ccc(C(=O)Oc2ccc(OC[C@@H](C)CC)cc2)cc1. The second kappa shape index (κ2) is 13.8. The molecule has 0 unspecified atom stereocenters. The van der Waals surface area contributed by atoms with E-state index in [9.17, 15) is 4.79 Å². The summed E-state index contributed by atoms with van der Waals surface area (Å²) in [6, 6.07) is 15.0. The van der Waals surface area contributed by atoms with Crippen LogP contribution in [0.25, 0.3) is 0 Å². The fraction of sp³-hybridized carbons (Fsp3) is 0.519. The molecule has 0 bridgehead atoms. The van der Waals surface area contributed by atoms with Gasteiger partial charge in [0.15, 0.2) is 0 Å². The molecule has 0 aliphatic rings. The summed E-state index contributed by atoms with van der Waals surface area (Å²) in [6.45, 7) is 7.26. The maximum absolute atomic E-state index is 12.4. The Kier molecular flexibility index (Phi) is 11.1. The summed E-state index contributed by atoms with van der Waals surface area (Å²) in [5.41, 5.74) is 1.86. The molecule has 3 nitrogen and oxygen atoms in total. The van der Waals surface area contributed by atoms with Crippen LogP contribution in [0.5, 0.6) is 11.5 Å². The molecule has 164 valence electrons. The predicted octanol–water partition coefficient (Wildman–Crippen LogP) is 7.62. The van der Waals surface area contributed by atoms with Crippen LogP contribution in [-0.4, -0.2) is 12.6 Å². The lowest BCUT2D eigenvalue weighted by Gasteiger charge is -2.11. The molecule has 0 heterocycles. The first-order chi connectivity index (χ1) is 14.6. The van der Waals surface area contributed by atoms with Gasteiger partial charge in [0.25, 0.3) is 0 Å². The van der Waals surface area contributed by atoms with Gasteiger partial charge in [0.2, 0.25) is 0 Å². The zero-order chi connectivity index (χ0) is 21.6. The maximum atomic E-state index is 12.4. The van der Waals surface area contributed by atoms with Crippen LogP contribution in [0.4, 0.5) is 0 Å². The molecule has 2 rings (SSSR count). The Balaban J connectivity index is 1.73. The third-order valence-corrected chi connectivity index (χ3v) is 5.52. The smallest absolute Gasteiger partial charge is 0.343 e. The highest BCUT2D eigenvalue weighted by molar-refractivity contribution is 5.91. The largest absolute Gasteiger partial charge is 0.493 e. The van der Waals surface area contributed by atoms with Crippen LogP contribution < -0.4 is 9.47 Å². The molecule has 0 amide bonds. The summed E-state index contributed by atoms with van der Waals surface area (Å²) >= 11 is 0. The number of benzene rings is 2. The Bertz CT molecular complexity index is 719. The summed E-state index contributed by atoms with van der Waals surface area (Å²) in [5.74, 6) is 1.52. The van der Waals surface area contributed by atoms with Crippen molar-refractivity contribution in [2.75, 3.05) is 6.61 Å². The van der Waals surface area contributed by atoms with E-state index in [-0.39, 0.29) is 5.97 Å². The fourth-order valence-electron chi connectivity index (χ4n) is 3.22. The van der Waals surface area contributed by atoms with E-state index >= 15 is 0 Å². The lowest BCUT2D eigenvalue weighted by molar-refractivity contribution is 0.0734.